The summed E-state index contributed by atoms with van der Waals surface area (Å²) in [4.78, 5) is 24.6. The van der Waals surface area contributed by atoms with E-state index in [1.807, 2.05) is 18.2 Å². The Morgan fingerprint density at radius 1 is 1.06 bits per heavy atom. The highest BCUT2D eigenvalue weighted by Gasteiger charge is 2.52. The molecule has 6 heteroatoms. The number of carbonyl (C=O) groups excluding carboxylic acids is 2. The van der Waals surface area contributed by atoms with Crippen molar-refractivity contribution in [3.63, 3.8) is 0 Å². The van der Waals surface area contributed by atoms with Gasteiger partial charge in [-0.25, -0.2) is 4.79 Å². The van der Waals surface area contributed by atoms with Gasteiger partial charge in [-0.2, -0.15) is 0 Å². The van der Waals surface area contributed by atoms with Crippen LogP contribution in [-0.4, -0.2) is 44.2 Å². The van der Waals surface area contributed by atoms with E-state index < -0.39 is 5.79 Å². The summed E-state index contributed by atoms with van der Waals surface area (Å²) in [6, 6.07) is 9.03. The largest absolute Gasteiger partial charge is 0.462 e. The molecule has 0 radical (unpaired) electrons. The van der Waals surface area contributed by atoms with Gasteiger partial charge in [-0.1, -0.05) is 50.8 Å². The molecule has 0 aromatic heterocycles. The molecular formula is C26H38O6. The summed E-state index contributed by atoms with van der Waals surface area (Å²) in [5, 5.41) is 0. The van der Waals surface area contributed by atoms with Gasteiger partial charge in [0, 0.05) is 45.3 Å². The zero-order chi connectivity index (χ0) is 23.0. The third-order valence-electron chi connectivity index (χ3n) is 7.19. The van der Waals surface area contributed by atoms with Crippen molar-refractivity contribution in [1.29, 1.82) is 0 Å². The smallest absolute Gasteiger partial charge is 0.338 e. The normalized spacial score (nSPS) is 24.9. The zero-order valence-electron chi connectivity index (χ0n) is 19.7. The second-order valence-electron chi connectivity index (χ2n) is 9.13. The fourth-order valence-corrected chi connectivity index (χ4v) is 5.27. The van der Waals surface area contributed by atoms with E-state index in [1.54, 1.807) is 26.4 Å². The van der Waals surface area contributed by atoms with Crippen molar-refractivity contribution in [2.45, 2.75) is 89.1 Å². The van der Waals surface area contributed by atoms with Crippen LogP contribution in [0, 0.1) is 11.8 Å². The van der Waals surface area contributed by atoms with Crippen LogP contribution in [-0.2, 0) is 23.7 Å². The van der Waals surface area contributed by atoms with Crippen LogP contribution < -0.4 is 0 Å². The van der Waals surface area contributed by atoms with Gasteiger partial charge in [-0.3, -0.25) is 4.79 Å². The number of benzene rings is 1. The first-order valence-electron chi connectivity index (χ1n) is 12.1. The number of esters is 2. The second kappa shape index (κ2) is 11.8. The minimum absolute atomic E-state index is 0.0453. The molecule has 0 N–H and O–H groups in total. The van der Waals surface area contributed by atoms with Crippen molar-refractivity contribution in [3.8, 4) is 0 Å². The van der Waals surface area contributed by atoms with E-state index >= 15 is 0 Å². The number of carbonyl (C=O) groups is 2. The quantitative estimate of drug-likeness (QED) is 0.233. The number of rotatable bonds is 13. The molecule has 178 valence electrons. The molecule has 1 aromatic carbocycles. The lowest BCUT2D eigenvalue weighted by atomic mass is 9.85. The molecule has 32 heavy (non-hydrogen) atoms. The number of unbranched alkanes of at least 4 members (excludes halogenated alkanes) is 4. The van der Waals surface area contributed by atoms with E-state index in [0.717, 1.165) is 25.7 Å². The molecule has 1 aliphatic heterocycles. The Hall–Kier alpha value is -1.92. The van der Waals surface area contributed by atoms with Gasteiger partial charge in [0.2, 0.25) is 0 Å². The van der Waals surface area contributed by atoms with Crippen LogP contribution in [0.4, 0.5) is 0 Å². The van der Waals surface area contributed by atoms with E-state index in [4.69, 9.17) is 18.9 Å². The van der Waals surface area contributed by atoms with E-state index in [0.29, 0.717) is 24.8 Å². The molecule has 1 saturated heterocycles. The van der Waals surface area contributed by atoms with Crippen molar-refractivity contribution in [2.24, 2.45) is 11.8 Å². The van der Waals surface area contributed by atoms with Gasteiger partial charge in [0.25, 0.3) is 0 Å². The maximum absolute atomic E-state index is 12.7. The van der Waals surface area contributed by atoms with Crippen molar-refractivity contribution in [3.05, 3.63) is 35.9 Å². The summed E-state index contributed by atoms with van der Waals surface area (Å²) in [5.41, 5.74) is 0.538. The van der Waals surface area contributed by atoms with E-state index in [-0.39, 0.29) is 36.0 Å². The summed E-state index contributed by atoms with van der Waals surface area (Å²) >= 11 is 0. The topological polar surface area (TPSA) is 71.1 Å². The highest BCUT2D eigenvalue weighted by molar-refractivity contribution is 5.89. The average molecular weight is 447 g/mol. The molecule has 1 unspecified atom stereocenters. The van der Waals surface area contributed by atoms with Gasteiger partial charge in [-0.15, -0.1) is 0 Å². The summed E-state index contributed by atoms with van der Waals surface area (Å²) in [6.07, 6.45) is 8.67. The highest BCUT2D eigenvalue weighted by Crippen LogP contribution is 2.46. The Balaban J connectivity index is 1.64. The first-order chi connectivity index (χ1) is 15.5. The lowest BCUT2D eigenvalue weighted by Gasteiger charge is -2.33. The molecule has 0 amide bonds. The minimum atomic E-state index is -0.651. The minimum Gasteiger partial charge on any atom is -0.462 e. The van der Waals surface area contributed by atoms with Crippen LogP contribution in [0.3, 0.4) is 0 Å². The van der Waals surface area contributed by atoms with E-state index in [9.17, 15) is 9.59 Å². The molecule has 1 heterocycles. The van der Waals surface area contributed by atoms with Crippen LogP contribution >= 0.6 is 0 Å². The molecule has 1 saturated carbocycles. The third-order valence-corrected chi connectivity index (χ3v) is 7.19. The summed E-state index contributed by atoms with van der Waals surface area (Å²) in [7, 11) is 3.39. The molecule has 6 nitrogen and oxygen atoms in total. The van der Waals surface area contributed by atoms with Crippen LogP contribution in [0.15, 0.2) is 30.3 Å². The number of hydrogen-bond acceptors (Lipinski definition) is 6. The monoisotopic (exact) mass is 446 g/mol. The zero-order valence-corrected chi connectivity index (χ0v) is 19.7. The Labute approximate surface area is 191 Å². The summed E-state index contributed by atoms with van der Waals surface area (Å²) in [5.74, 6) is -1.01. The molecule has 0 spiro atoms. The third kappa shape index (κ3) is 6.10. The van der Waals surface area contributed by atoms with Gasteiger partial charge in [0.05, 0.1) is 12.0 Å². The predicted molar refractivity (Wildman–Crippen MR) is 121 cm³/mol. The first-order valence-corrected chi connectivity index (χ1v) is 12.1. The predicted octanol–water partition coefficient (Wildman–Crippen LogP) is 5.29. The number of ether oxygens (including phenoxy) is 4. The van der Waals surface area contributed by atoms with Crippen molar-refractivity contribution in [2.75, 3.05) is 14.2 Å². The maximum Gasteiger partial charge on any atom is 0.338 e. The van der Waals surface area contributed by atoms with Gasteiger partial charge in [0.1, 0.15) is 12.2 Å². The fraction of sp³-hybridized carbons (Fsp3) is 0.692. The number of fused-ring (bicyclic) bond motifs is 1. The van der Waals surface area contributed by atoms with Crippen LogP contribution in [0.5, 0.6) is 0 Å². The van der Waals surface area contributed by atoms with Gasteiger partial charge in [0.15, 0.2) is 5.79 Å². The molecule has 1 aliphatic carbocycles. The first kappa shape index (κ1) is 24.7. The van der Waals surface area contributed by atoms with E-state index in [1.165, 1.54) is 19.3 Å². The van der Waals surface area contributed by atoms with Gasteiger partial charge in [-0.05, 0) is 25.0 Å². The van der Waals surface area contributed by atoms with Gasteiger partial charge < -0.3 is 18.9 Å². The van der Waals surface area contributed by atoms with Crippen LogP contribution in [0.1, 0.15) is 81.5 Å². The molecule has 2 aliphatic rings. The Morgan fingerprint density at radius 3 is 2.47 bits per heavy atom. The van der Waals surface area contributed by atoms with Gasteiger partial charge >= 0.3 is 11.9 Å². The molecule has 2 fully saturated rings. The van der Waals surface area contributed by atoms with Crippen LogP contribution in [0.2, 0.25) is 0 Å². The van der Waals surface area contributed by atoms with Crippen molar-refractivity contribution >= 4 is 11.9 Å². The van der Waals surface area contributed by atoms with Crippen LogP contribution in [0.25, 0.3) is 0 Å². The van der Waals surface area contributed by atoms with Crippen molar-refractivity contribution < 1.29 is 28.5 Å². The molecule has 3 rings (SSSR count). The molecular weight excluding hydrogens is 408 g/mol. The number of hydrogen-bond donors (Lipinski definition) is 0. The summed E-state index contributed by atoms with van der Waals surface area (Å²) in [6.45, 7) is 2.21. The fourth-order valence-electron chi connectivity index (χ4n) is 5.27. The second-order valence-corrected chi connectivity index (χ2v) is 9.13. The Kier molecular flexibility index (Phi) is 9.11. The molecule has 0 bridgehead atoms. The van der Waals surface area contributed by atoms with E-state index in [2.05, 4.69) is 6.92 Å². The highest BCUT2D eigenvalue weighted by atomic mass is 16.7. The molecule has 1 aromatic rings. The lowest BCUT2D eigenvalue weighted by molar-refractivity contribution is -0.218. The standard InChI is InChI=1S/C26H38O6/c1-4-5-6-7-11-15-26(29-2,30-3)16-14-20-21-17-24(27)31-23(21)18-22(20)32-25(28)19-12-9-8-10-13-19/h8-10,12-13,20-23H,4-7,11,14-18H2,1-3H3/t20-,21-,22-,23?/m1/s1. The Morgan fingerprint density at radius 2 is 1.78 bits per heavy atom. The van der Waals surface area contributed by atoms with Crippen molar-refractivity contribution in [1.82, 2.24) is 0 Å². The SMILES string of the molecule is CCCCCCCC(CC[C@H]1[C@H](OC(=O)c2ccccc2)CC2OC(=O)C[C@@H]21)(OC)OC. The Bertz CT molecular complexity index is 729. The average Bonchev–Trinajstić information content (AvgIpc) is 3.32. The maximum atomic E-state index is 12.7. The number of methoxy groups -OCH3 is 2. The summed E-state index contributed by atoms with van der Waals surface area (Å²) < 4.78 is 23.1. The molecule has 4 atom stereocenters. The lowest BCUT2D eigenvalue weighted by Crippen LogP contribution is -2.36.